The summed E-state index contributed by atoms with van der Waals surface area (Å²) in [5, 5.41) is 9.04. The number of hydrogen-bond acceptors (Lipinski definition) is 6. The van der Waals surface area contributed by atoms with Crippen molar-refractivity contribution in [1.29, 1.82) is 5.26 Å². The predicted octanol–water partition coefficient (Wildman–Crippen LogP) is 4.27. The molecule has 0 bridgehead atoms. The minimum atomic E-state index is -0.803. The first-order valence-electron chi connectivity index (χ1n) is 10.9. The quantitative estimate of drug-likeness (QED) is 0.619. The zero-order valence-electron chi connectivity index (χ0n) is 19.3. The van der Waals surface area contributed by atoms with E-state index in [1.54, 1.807) is 21.0 Å². The van der Waals surface area contributed by atoms with Gasteiger partial charge in [0.25, 0.3) is 0 Å². The summed E-state index contributed by atoms with van der Waals surface area (Å²) in [6.45, 7) is 12.6. The van der Waals surface area contributed by atoms with Crippen molar-refractivity contribution < 1.29 is 18.9 Å². The molecule has 2 unspecified atom stereocenters. The summed E-state index contributed by atoms with van der Waals surface area (Å²) in [5.41, 5.74) is 1.77. The van der Waals surface area contributed by atoms with E-state index in [1.165, 1.54) is 11.1 Å². The number of nitrogens with zero attached hydrogens (tertiary/aromatic N) is 2. The fourth-order valence-corrected chi connectivity index (χ4v) is 4.36. The van der Waals surface area contributed by atoms with Crippen molar-refractivity contribution in [3.63, 3.8) is 0 Å². The second-order valence-corrected chi connectivity index (χ2v) is 9.71. The van der Waals surface area contributed by atoms with Gasteiger partial charge >= 0.3 is 0 Å². The second kappa shape index (κ2) is 9.13. The molecular weight excluding hydrogens is 380 g/mol. The summed E-state index contributed by atoms with van der Waals surface area (Å²) < 4.78 is 23.4. The molecule has 2 aliphatic rings. The maximum atomic E-state index is 9.04. The fraction of sp³-hybridized carbons (Fsp3) is 0.708. The monoisotopic (exact) mass is 416 g/mol. The first kappa shape index (κ1) is 22.9. The van der Waals surface area contributed by atoms with Crippen molar-refractivity contribution in [2.75, 3.05) is 33.4 Å². The van der Waals surface area contributed by atoms with E-state index in [-0.39, 0.29) is 5.60 Å². The van der Waals surface area contributed by atoms with Gasteiger partial charge in [-0.2, -0.15) is 5.26 Å². The van der Waals surface area contributed by atoms with Crippen LogP contribution >= 0.6 is 0 Å². The summed E-state index contributed by atoms with van der Waals surface area (Å²) in [6.07, 6.45) is 3.45. The lowest BCUT2D eigenvalue weighted by molar-refractivity contribution is -0.0971. The van der Waals surface area contributed by atoms with Gasteiger partial charge in [0.05, 0.1) is 31.5 Å². The Balaban J connectivity index is 1.67. The maximum Gasteiger partial charge on any atom is 0.161 e. The minimum absolute atomic E-state index is 0.104. The molecule has 1 fully saturated rings. The summed E-state index contributed by atoms with van der Waals surface area (Å²) in [7, 11) is 1.68. The summed E-state index contributed by atoms with van der Waals surface area (Å²) >= 11 is 0. The van der Waals surface area contributed by atoms with Crippen LogP contribution < -0.4 is 9.47 Å². The third-order valence-electron chi connectivity index (χ3n) is 5.69. The van der Waals surface area contributed by atoms with Crippen LogP contribution in [0.15, 0.2) is 12.1 Å². The molecule has 0 N–H and O–H groups in total. The molecule has 0 aliphatic carbocycles. The van der Waals surface area contributed by atoms with Crippen molar-refractivity contribution in [2.24, 2.45) is 0 Å². The van der Waals surface area contributed by atoms with Crippen LogP contribution in [0.4, 0.5) is 0 Å². The van der Waals surface area contributed by atoms with E-state index in [1.807, 2.05) is 0 Å². The van der Waals surface area contributed by atoms with E-state index in [4.69, 9.17) is 24.2 Å². The third-order valence-corrected chi connectivity index (χ3v) is 5.69. The molecule has 1 saturated heterocycles. The van der Waals surface area contributed by atoms with E-state index in [0.29, 0.717) is 25.4 Å². The number of fused-ring (bicyclic) bond motifs is 3. The van der Waals surface area contributed by atoms with Gasteiger partial charge in [0, 0.05) is 19.1 Å². The summed E-state index contributed by atoms with van der Waals surface area (Å²) in [5.74, 6) is 1.50. The topological polar surface area (TPSA) is 64.0 Å². The van der Waals surface area contributed by atoms with Gasteiger partial charge in [0.2, 0.25) is 0 Å². The van der Waals surface area contributed by atoms with Crippen molar-refractivity contribution in [2.45, 2.75) is 77.2 Å². The Hall–Kier alpha value is -1.81. The van der Waals surface area contributed by atoms with Crippen LogP contribution in [0.2, 0.25) is 0 Å². The third kappa shape index (κ3) is 5.66. The van der Waals surface area contributed by atoms with Gasteiger partial charge in [0.15, 0.2) is 11.5 Å². The van der Waals surface area contributed by atoms with Crippen molar-refractivity contribution in [3.05, 3.63) is 23.3 Å². The highest BCUT2D eigenvalue weighted by Gasteiger charge is 2.35. The smallest absolute Gasteiger partial charge is 0.161 e. The van der Waals surface area contributed by atoms with Crippen LogP contribution in [0.5, 0.6) is 11.5 Å². The van der Waals surface area contributed by atoms with Crippen LogP contribution in [0, 0.1) is 11.3 Å². The van der Waals surface area contributed by atoms with E-state index < -0.39 is 5.60 Å². The van der Waals surface area contributed by atoms with Crippen molar-refractivity contribution >= 4 is 0 Å². The molecule has 2 atom stereocenters. The Labute approximate surface area is 181 Å². The maximum absolute atomic E-state index is 9.04. The Bertz CT molecular complexity index is 779. The molecule has 166 valence electrons. The Morgan fingerprint density at radius 2 is 1.87 bits per heavy atom. The largest absolute Gasteiger partial charge is 0.493 e. The van der Waals surface area contributed by atoms with E-state index in [0.717, 1.165) is 43.9 Å². The standard InChI is InChI=1S/C24H36N2O4/c1-23(2,3)30-18-7-8-20-19-14-21(27-6)22(13-17(19)9-10-26(20)15-18)28-11-12-29-24(4,5)16-25/h13-14,18,20H,7-12,15H2,1-6H3. The Morgan fingerprint density at radius 1 is 1.10 bits per heavy atom. The van der Waals surface area contributed by atoms with Gasteiger partial charge in [-0.15, -0.1) is 0 Å². The lowest BCUT2D eigenvalue weighted by Crippen LogP contribution is -2.47. The minimum Gasteiger partial charge on any atom is -0.493 e. The van der Waals surface area contributed by atoms with Crippen LogP contribution in [-0.2, 0) is 15.9 Å². The molecule has 0 radical (unpaired) electrons. The zero-order valence-corrected chi connectivity index (χ0v) is 19.3. The predicted molar refractivity (Wildman–Crippen MR) is 116 cm³/mol. The van der Waals surface area contributed by atoms with E-state index in [2.05, 4.69) is 43.9 Å². The first-order chi connectivity index (χ1) is 14.1. The first-order valence-corrected chi connectivity index (χ1v) is 10.9. The molecule has 30 heavy (non-hydrogen) atoms. The van der Waals surface area contributed by atoms with E-state index >= 15 is 0 Å². The molecule has 0 saturated carbocycles. The number of methoxy groups -OCH3 is 1. The highest BCUT2D eigenvalue weighted by molar-refractivity contribution is 5.49. The zero-order chi connectivity index (χ0) is 21.9. The highest BCUT2D eigenvalue weighted by atomic mass is 16.5. The lowest BCUT2D eigenvalue weighted by Gasteiger charge is -2.44. The average molecular weight is 417 g/mol. The molecule has 2 heterocycles. The average Bonchev–Trinajstić information content (AvgIpc) is 2.69. The number of rotatable bonds is 7. The molecule has 0 spiro atoms. The second-order valence-electron chi connectivity index (χ2n) is 9.71. The van der Waals surface area contributed by atoms with Crippen LogP contribution in [0.3, 0.4) is 0 Å². The molecule has 6 nitrogen and oxygen atoms in total. The molecule has 3 rings (SSSR count). The van der Waals surface area contributed by atoms with Gasteiger partial charge in [-0.05, 0) is 77.1 Å². The summed E-state index contributed by atoms with van der Waals surface area (Å²) in [4.78, 5) is 2.56. The van der Waals surface area contributed by atoms with Crippen LogP contribution in [0.25, 0.3) is 0 Å². The van der Waals surface area contributed by atoms with Crippen LogP contribution in [0.1, 0.15) is 64.6 Å². The fourth-order valence-electron chi connectivity index (χ4n) is 4.36. The van der Waals surface area contributed by atoms with E-state index in [9.17, 15) is 0 Å². The van der Waals surface area contributed by atoms with Gasteiger partial charge in [-0.3, -0.25) is 4.90 Å². The number of hydrogen-bond donors (Lipinski definition) is 0. The summed E-state index contributed by atoms with van der Waals surface area (Å²) in [6, 6.07) is 6.81. The molecular formula is C24H36N2O4. The Kier molecular flexibility index (Phi) is 6.96. The van der Waals surface area contributed by atoms with Gasteiger partial charge < -0.3 is 18.9 Å². The van der Waals surface area contributed by atoms with Gasteiger partial charge in [-0.25, -0.2) is 0 Å². The molecule has 1 aromatic rings. The number of piperidine rings is 1. The molecule has 0 amide bonds. The molecule has 0 aromatic heterocycles. The lowest BCUT2D eigenvalue weighted by atomic mass is 9.85. The highest BCUT2D eigenvalue weighted by Crippen LogP contribution is 2.42. The van der Waals surface area contributed by atoms with Crippen LogP contribution in [-0.4, -0.2) is 55.6 Å². The number of ether oxygens (including phenoxy) is 4. The molecule has 6 heteroatoms. The van der Waals surface area contributed by atoms with Crippen molar-refractivity contribution in [1.82, 2.24) is 4.90 Å². The molecule has 2 aliphatic heterocycles. The van der Waals surface area contributed by atoms with Gasteiger partial charge in [0.1, 0.15) is 12.2 Å². The Morgan fingerprint density at radius 3 is 2.53 bits per heavy atom. The number of nitriles is 1. The normalized spacial score (nSPS) is 22.0. The number of benzene rings is 1. The van der Waals surface area contributed by atoms with Gasteiger partial charge in [-0.1, -0.05) is 0 Å². The SMILES string of the molecule is COc1cc2c(cc1OCCOC(C)(C)C#N)CCN1CC(OC(C)(C)C)CCC21. The molecule has 1 aromatic carbocycles. The van der Waals surface area contributed by atoms with Crippen molar-refractivity contribution in [3.8, 4) is 17.6 Å².